The summed E-state index contributed by atoms with van der Waals surface area (Å²) in [5, 5.41) is 8.84. The Hall–Kier alpha value is -1.69. The van der Waals surface area contributed by atoms with E-state index in [4.69, 9.17) is 5.26 Å². The maximum absolute atomic E-state index is 13.9. The Kier molecular flexibility index (Phi) is 9.56. The third-order valence-corrected chi connectivity index (χ3v) is 7.68. The molecule has 0 bridgehead atoms. The number of hydrogen-bond donors (Lipinski definition) is 0. The molecule has 1 aromatic carbocycles. The van der Waals surface area contributed by atoms with Crippen molar-refractivity contribution in [3.8, 4) is 6.07 Å². The second-order valence-electron chi connectivity index (χ2n) is 9.95. The van der Waals surface area contributed by atoms with E-state index in [-0.39, 0.29) is 5.92 Å². The van der Waals surface area contributed by atoms with E-state index in [9.17, 15) is 8.78 Å². The van der Waals surface area contributed by atoms with Crippen molar-refractivity contribution >= 4 is 0 Å². The van der Waals surface area contributed by atoms with Gasteiger partial charge in [-0.1, -0.05) is 57.6 Å². The van der Waals surface area contributed by atoms with Gasteiger partial charge in [0.25, 0.3) is 0 Å². The summed E-state index contributed by atoms with van der Waals surface area (Å²) in [7, 11) is 0. The molecule has 0 unspecified atom stereocenters. The number of allylic oxidation sites excluding steroid dienone is 2. The first-order valence-electron chi connectivity index (χ1n) is 12.7. The lowest BCUT2D eigenvalue weighted by Gasteiger charge is -2.29. The molecule has 0 N–H and O–H groups in total. The highest BCUT2D eigenvalue weighted by atomic mass is 19.1. The van der Waals surface area contributed by atoms with Gasteiger partial charge in [-0.05, 0) is 92.7 Å². The molecule has 1 nitrogen and oxygen atoms in total. The lowest BCUT2D eigenvalue weighted by atomic mass is 9.76. The first-order chi connectivity index (χ1) is 15.1. The van der Waals surface area contributed by atoms with Gasteiger partial charge < -0.3 is 0 Å². The number of benzene rings is 1. The van der Waals surface area contributed by atoms with Gasteiger partial charge in [-0.25, -0.2) is 8.78 Å². The van der Waals surface area contributed by atoms with Crippen LogP contribution in [0.15, 0.2) is 24.3 Å². The van der Waals surface area contributed by atoms with Crippen molar-refractivity contribution in [2.24, 2.45) is 17.8 Å². The third-order valence-electron chi connectivity index (χ3n) is 7.68. The minimum Gasteiger partial charge on any atom is -0.205 e. The monoisotopic (exact) mass is 427 g/mol. The van der Waals surface area contributed by atoms with E-state index < -0.39 is 17.2 Å². The van der Waals surface area contributed by atoms with Gasteiger partial charge in [0, 0.05) is 0 Å². The van der Waals surface area contributed by atoms with Gasteiger partial charge in [0.2, 0.25) is 0 Å². The van der Waals surface area contributed by atoms with Crippen LogP contribution in [0.5, 0.6) is 0 Å². The summed E-state index contributed by atoms with van der Waals surface area (Å²) in [6.45, 7) is 2.28. The Morgan fingerprint density at radius 2 is 1.39 bits per heavy atom. The fraction of sp³-hybridized carbons (Fsp3) is 0.679. The van der Waals surface area contributed by atoms with Crippen molar-refractivity contribution in [1.82, 2.24) is 0 Å². The van der Waals surface area contributed by atoms with Crippen LogP contribution in [-0.4, -0.2) is 0 Å². The molecule has 0 amide bonds. The summed E-state index contributed by atoms with van der Waals surface area (Å²) in [6.07, 6.45) is 22.9. The van der Waals surface area contributed by atoms with Crippen LogP contribution in [0.3, 0.4) is 0 Å². The van der Waals surface area contributed by atoms with Gasteiger partial charge in [0.15, 0.2) is 0 Å². The molecule has 2 saturated carbocycles. The van der Waals surface area contributed by atoms with Crippen molar-refractivity contribution in [3.05, 3.63) is 47.0 Å². The Bertz CT molecular complexity index is 724. The molecule has 0 atom stereocenters. The molecular weight excluding hydrogens is 388 g/mol. The van der Waals surface area contributed by atoms with Crippen LogP contribution in [0.4, 0.5) is 8.78 Å². The number of nitriles is 1. The Balaban J connectivity index is 1.37. The number of rotatable bonds is 9. The van der Waals surface area contributed by atoms with E-state index in [0.29, 0.717) is 11.5 Å². The predicted molar refractivity (Wildman–Crippen MR) is 124 cm³/mol. The highest BCUT2D eigenvalue weighted by Crippen LogP contribution is 2.38. The molecule has 0 heterocycles. The molecule has 170 valence electrons. The van der Waals surface area contributed by atoms with Gasteiger partial charge in [0.1, 0.15) is 23.3 Å². The van der Waals surface area contributed by atoms with Gasteiger partial charge >= 0.3 is 0 Å². The average molecular weight is 428 g/mol. The molecule has 2 fully saturated rings. The molecule has 1 aromatic rings. The Morgan fingerprint density at radius 1 is 0.839 bits per heavy atom. The number of nitrogens with zero attached hydrogens (tertiary/aromatic N) is 1. The standard InChI is InChI=1S/C28H39F2N/c1-2-3-4-5-6-7-21-8-10-22(11-9-21)12-13-23-14-16-24(17-15-23)25-18-27(29)26(20-31)28(30)19-25/h12-13,18-19,21-24H,2-11,14-17H2,1H3. The Morgan fingerprint density at radius 3 is 1.94 bits per heavy atom. The zero-order valence-corrected chi connectivity index (χ0v) is 19.2. The largest absolute Gasteiger partial charge is 0.205 e. The number of unbranched alkanes of at least 4 members (excludes halogenated alkanes) is 4. The van der Waals surface area contributed by atoms with Crippen LogP contribution < -0.4 is 0 Å². The quantitative estimate of drug-likeness (QED) is 0.285. The molecule has 2 aliphatic carbocycles. The molecule has 2 aliphatic rings. The molecule has 0 radical (unpaired) electrons. The van der Waals surface area contributed by atoms with Crippen molar-refractivity contribution in [2.75, 3.05) is 0 Å². The normalized spacial score (nSPS) is 26.8. The molecular formula is C28H39F2N. The summed E-state index contributed by atoms with van der Waals surface area (Å²) >= 11 is 0. The molecule has 31 heavy (non-hydrogen) atoms. The highest BCUT2D eigenvalue weighted by Gasteiger charge is 2.24. The maximum atomic E-state index is 13.9. The summed E-state index contributed by atoms with van der Waals surface area (Å²) < 4.78 is 27.9. The fourth-order valence-electron chi connectivity index (χ4n) is 5.60. The van der Waals surface area contributed by atoms with Crippen molar-refractivity contribution in [3.63, 3.8) is 0 Å². The van der Waals surface area contributed by atoms with E-state index in [1.54, 1.807) is 6.07 Å². The van der Waals surface area contributed by atoms with Crippen LogP contribution in [0.2, 0.25) is 0 Å². The summed E-state index contributed by atoms with van der Waals surface area (Å²) in [5.41, 5.74) is 0.246. The average Bonchev–Trinajstić information content (AvgIpc) is 2.78. The van der Waals surface area contributed by atoms with Crippen LogP contribution >= 0.6 is 0 Å². The second kappa shape index (κ2) is 12.4. The predicted octanol–water partition coefficient (Wildman–Crippen LogP) is 8.83. The smallest absolute Gasteiger partial charge is 0.144 e. The summed E-state index contributed by atoms with van der Waals surface area (Å²) in [4.78, 5) is 0. The molecule has 3 rings (SSSR count). The molecule has 0 aliphatic heterocycles. The summed E-state index contributed by atoms with van der Waals surface area (Å²) in [6, 6.07) is 4.34. The van der Waals surface area contributed by atoms with Crippen LogP contribution in [0.1, 0.15) is 114 Å². The highest BCUT2D eigenvalue weighted by molar-refractivity contribution is 5.36. The van der Waals surface area contributed by atoms with E-state index in [2.05, 4.69) is 19.1 Å². The van der Waals surface area contributed by atoms with Crippen LogP contribution in [0, 0.1) is 40.7 Å². The van der Waals surface area contributed by atoms with Crippen molar-refractivity contribution in [2.45, 2.75) is 103 Å². The van der Waals surface area contributed by atoms with E-state index in [1.807, 2.05) is 0 Å². The topological polar surface area (TPSA) is 23.8 Å². The van der Waals surface area contributed by atoms with E-state index in [1.165, 1.54) is 76.3 Å². The minimum absolute atomic E-state index is 0.203. The van der Waals surface area contributed by atoms with Crippen molar-refractivity contribution < 1.29 is 8.78 Å². The van der Waals surface area contributed by atoms with Gasteiger partial charge in [-0.3, -0.25) is 0 Å². The molecule has 0 saturated heterocycles. The van der Waals surface area contributed by atoms with Crippen LogP contribution in [-0.2, 0) is 0 Å². The first kappa shape index (κ1) is 24.0. The third kappa shape index (κ3) is 7.16. The Labute approximate surface area is 187 Å². The molecule has 0 spiro atoms. The van der Waals surface area contributed by atoms with E-state index in [0.717, 1.165) is 37.5 Å². The maximum Gasteiger partial charge on any atom is 0.144 e. The first-order valence-corrected chi connectivity index (χ1v) is 12.7. The second-order valence-corrected chi connectivity index (χ2v) is 9.95. The van der Waals surface area contributed by atoms with Crippen molar-refractivity contribution in [1.29, 1.82) is 5.26 Å². The zero-order chi connectivity index (χ0) is 22.1. The summed E-state index contributed by atoms with van der Waals surface area (Å²) in [5.74, 6) is 1.05. The fourth-order valence-corrected chi connectivity index (χ4v) is 5.60. The van der Waals surface area contributed by atoms with Crippen LogP contribution in [0.25, 0.3) is 0 Å². The van der Waals surface area contributed by atoms with E-state index >= 15 is 0 Å². The lowest BCUT2D eigenvalue weighted by molar-refractivity contribution is 0.287. The molecule has 3 heteroatoms. The number of halogens is 2. The SMILES string of the molecule is CCCCCCCC1CCC(C=CC2CCC(c3cc(F)c(C#N)c(F)c3)CC2)CC1. The zero-order valence-electron chi connectivity index (χ0n) is 19.2. The lowest BCUT2D eigenvalue weighted by Crippen LogP contribution is -2.15. The molecule has 0 aromatic heterocycles. The van der Waals surface area contributed by atoms with Gasteiger partial charge in [-0.15, -0.1) is 0 Å². The van der Waals surface area contributed by atoms with Gasteiger partial charge in [0.05, 0.1) is 0 Å². The minimum atomic E-state index is -0.726. The van der Waals surface area contributed by atoms with Gasteiger partial charge in [-0.2, -0.15) is 5.26 Å². The number of hydrogen-bond acceptors (Lipinski definition) is 1.